The third kappa shape index (κ3) is 11.5. The smallest absolute Gasteiger partial charge is 0.0547 e. The lowest BCUT2D eigenvalue weighted by Crippen LogP contribution is -1.95. The van der Waals surface area contributed by atoms with E-state index in [4.69, 9.17) is 0 Å². The predicted molar refractivity (Wildman–Crippen MR) is 534 cm³/mol. The minimum absolute atomic E-state index is 1.18. The van der Waals surface area contributed by atoms with Crippen LogP contribution in [0.4, 0.5) is 0 Å². The summed E-state index contributed by atoms with van der Waals surface area (Å²) < 4.78 is 14.4. The summed E-state index contributed by atoms with van der Waals surface area (Å²) in [6.45, 7) is 0. The van der Waals surface area contributed by atoms with Crippen molar-refractivity contribution in [3.05, 3.63) is 473 Å². The zero-order valence-electron chi connectivity index (χ0n) is 68.7. The van der Waals surface area contributed by atoms with Gasteiger partial charge in [0.1, 0.15) is 0 Å². The van der Waals surface area contributed by atoms with E-state index in [0.717, 1.165) is 0 Å². The van der Waals surface area contributed by atoms with E-state index in [0.29, 0.717) is 0 Å². The molecule has 126 heavy (non-hydrogen) atoms. The number of aromatic nitrogens is 6. The lowest BCUT2D eigenvalue weighted by molar-refractivity contribution is 1.18. The zero-order chi connectivity index (χ0) is 82.9. The lowest BCUT2D eigenvalue weighted by Gasteiger charge is -2.12. The van der Waals surface area contributed by atoms with Gasteiger partial charge >= 0.3 is 0 Å². The first-order valence-electron chi connectivity index (χ1n) is 43.4. The maximum absolute atomic E-state index is 2.43. The molecule has 588 valence electrons. The highest BCUT2D eigenvalue weighted by molar-refractivity contribution is 6.23. The van der Waals surface area contributed by atoms with Gasteiger partial charge in [0.15, 0.2) is 0 Å². The molecule has 27 rings (SSSR count). The van der Waals surface area contributed by atoms with E-state index in [9.17, 15) is 0 Å². The average Bonchev–Trinajstić information content (AvgIpc) is 1.57. The van der Waals surface area contributed by atoms with Crippen LogP contribution in [0, 0.1) is 0 Å². The van der Waals surface area contributed by atoms with Crippen LogP contribution in [-0.2, 0) is 0 Å². The van der Waals surface area contributed by atoms with Crippen molar-refractivity contribution >= 4 is 163 Å². The van der Waals surface area contributed by atoms with Crippen molar-refractivity contribution in [1.82, 2.24) is 27.4 Å². The van der Waals surface area contributed by atoms with Crippen LogP contribution < -0.4 is 0 Å². The Morgan fingerprint density at radius 1 is 0.119 bits per heavy atom. The fourth-order valence-corrected chi connectivity index (χ4v) is 20.7. The molecule has 0 amide bonds. The molecule has 6 nitrogen and oxygen atoms in total. The Balaban J connectivity index is 0.000000104. The Hall–Kier alpha value is -16.8. The Kier molecular flexibility index (Phi) is 16.9. The van der Waals surface area contributed by atoms with E-state index in [-0.39, 0.29) is 0 Å². The van der Waals surface area contributed by atoms with Crippen LogP contribution in [0.15, 0.2) is 473 Å². The predicted octanol–water partition coefficient (Wildman–Crippen LogP) is 32.1. The molecule has 6 aromatic heterocycles. The van der Waals surface area contributed by atoms with Crippen LogP contribution in [0.1, 0.15) is 0 Å². The summed E-state index contributed by atoms with van der Waals surface area (Å²) in [6.07, 6.45) is 0. The maximum atomic E-state index is 2.43. The normalized spacial score (nSPS) is 11.8. The molecule has 0 saturated carbocycles. The molecule has 0 aliphatic carbocycles. The molecule has 0 atom stereocenters. The average molecular weight is 1600 g/mol. The second-order valence-corrected chi connectivity index (χ2v) is 32.9. The topological polar surface area (TPSA) is 29.6 Å². The van der Waals surface area contributed by atoms with Crippen LogP contribution in [0.5, 0.6) is 0 Å². The van der Waals surface area contributed by atoms with Gasteiger partial charge in [0.25, 0.3) is 0 Å². The summed E-state index contributed by atoms with van der Waals surface area (Å²) in [5.74, 6) is 0. The first-order chi connectivity index (χ1) is 62.6. The largest absolute Gasteiger partial charge is 0.309 e. The van der Waals surface area contributed by atoms with E-state index in [2.05, 4.69) is 501 Å². The quantitative estimate of drug-likeness (QED) is 0.138. The monoisotopic (exact) mass is 1600 g/mol. The first-order valence-corrected chi connectivity index (χ1v) is 43.4. The van der Waals surface area contributed by atoms with Crippen molar-refractivity contribution in [2.24, 2.45) is 0 Å². The molecule has 6 heteroatoms. The molecule has 0 bridgehead atoms. The van der Waals surface area contributed by atoms with Crippen molar-refractivity contribution in [3.8, 4) is 67.5 Å². The lowest BCUT2D eigenvalue weighted by atomic mass is 9.95. The fraction of sp³-hybridized carbons (Fsp3) is 0. The highest BCUT2D eigenvalue weighted by atomic mass is 15.0. The number of para-hydroxylation sites is 9. The Morgan fingerprint density at radius 3 is 0.635 bits per heavy atom. The van der Waals surface area contributed by atoms with Gasteiger partial charge in [-0.05, 0) is 201 Å². The van der Waals surface area contributed by atoms with E-state index >= 15 is 0 Å². The summed E-state index contributed by atoms with van der Waals surface area (Å²) in [4.78, 5) is 0. The van der Waals surface area contributed by atoms with E-state index < -0.39 is 0 Å². The van der Waals surface area contributed by atoms with E-state index in [1.807, 2.05) is 0 Å². The molecule has 0 fully saturated rings. The summed E-state index contributed by atoms with van der Waals surface area (Å²) in [6, 6.07) is 172. The van der Waals surface area contributed by atoms with E-state index in [1.165, 1.54) is 231 Å². The fourth-order valence-electron chi connectivity index (χ4n) is 20.7. The summed E-state index contributed by atoms with van der Waals surface area (Å²) in [5, 5.41) is 22.8. The molecule has 27 aromatic rings. The summed E-state index contributed by atoms with van der Waals surface area (Å²) >= 11 is 0. The number of fused-ring (bicyclic) bond motifs is 21. The van der Waals surface area contributed by atoms with Crippen molar-refractivity contribution in [3.63, 3.8) is 0 Å². The maximum Gasteiger partial charge on any atom is 0.0547 e. The van der Waals surface area contributed by atoms with Gasteiger partial charge in [-0.1, -0.05) is 322 Å². The van der Waals surface area contributed by atoms with Crippen LogP contribution in [0.3, 0.4) is 0 Å². The Bertz CT molecular complexity index is 8680. The third-order valence-corrected chi connectivity index (χ3v) is 26.1. The molecule has 6 heterocycles. The van der Waals surface area contributed by atoms with Gasteiger partial charge in [0.2, 0.25) is 0 Å². The molecular weight excluding hydrogens is 1530 g/mol. The van der Waals surface area contributed by atoms with E-state index in [1.54, 1.807) is 0 Å². The van der Waals surface area contributed by atoms with Crippen LogP contribution in [-0.4, -0.2) is 27.4 Å². The SMILES string of the molecule is c1ccc(-n2c3ccccc3c3c(-c4cccc5c4c4ccccc4n5-c4ccccc4)cccc32)cc1.c1ccc(-n2c3ccccc3c3cc(-c4ccc5c(c4)c4ccccc4n5-c4cccc5ccccc45)ccc32)cc1.c1ccc2c(-n3c4ccccc4c4cc(-c5ccc6c(c5)c5ccccc5n6-c5cccc6ccccc56)ccc43)cccc2c1. The Labute approximate surface area is 726 Å². The molecule has 0 aliphatic rings. The minimum Gasteiger partial charge on any atom is -0.309 e. The van der Waals surface area contributed by atoms with Crippen molar-refractivity contribution in [2.75, 3.05) is 0 Å². The van der Waals surface area contributed by atoms with Gasteiger partial charge in [-0.25, -0.2) is 0 Å². The summed E-state index contributed by atoms with van der Waals surface area (Å²) in [7, 11) is 0. The highest BCUT2D eigenvalue weighted by Crippen LogP contribution is 2.47. The number of rotatable bonds is 9. The number of nitrogens with zero attached hydrogens (tertiary/aromatic N) is 6. The molecule has 0 unspecified atom stereocenters. The molecule has 0 N–H and O–H groups in total. The van der Waals surface area contributed by atoms with Gasteiger partial charge in [-0.15, -0.1) is 0 Å². The Morgan fingerprint density at radius 2 is 0.325 bits per heavy atom. The van der Waals surface area contributed by atoms with Gasteiger partial charge in [-0.3, -0.25) is 0 Å². The van der Waals surface area contributed by atoms with Crippen LogP contribution >= 0.6 is 0 Å². The van der Waals surface area contributed by atoms with Crippen LogP contribution in [0.25, 0.3) is 231 Å². The molecular formula is C120H78N6. The highest BCUT2D eigenvalue weighted by Gasteiger charge is 2.24. The van der Waals surface area contributed by atoms with Crippen molar-refractivity contribution in [2.45, 2.75) is 0 Å². The van der Waals surface area contributed by atoms with Gasteiger partial charge in [0.05, 0.1) is 83.3 Å². The third-order valence-electron chi connectivity index (χ3n) is 26.1. The second kappa shape index (κ2) is 29.5. The van der Waals surface area contributed by atoms with Crippen molar-refractivity contribution < 1.29 is 0 Å². The van der Waals surface area contributed by atoms with Gasteiger partial charge in [0, 0.05) is 97.9 Å². The molecule has 0 radical (unpaired) electrons. The summed E-state index contributed by atoms with van der Waals surface area (Å²) in [5.41, 5.74) is 29.2. The molecule has 21 aromatic carbocycles. The number of hydrogen-bond acceptors (Lipinski definition) is 0. The number of hydrogen-bond donors (Lipinski definition) is 0. The zero-order valence-corrected chi connectivity index (χ0v) is 68.7. The van der Waals surface area contributed by atoms with Gasteiger partial charge in [-0.2, -0.15) is 0 Å². The second-order valence-electron chi connectivity index (χ2n) is 32.9. The molecule has 0 spiro atoms. The minimum atomic E-state index is 1.18. The standard InChI is InChI=1S/C44H28N2.C40H26N2.C36H24N2/c1-3-15-33-29(11-1)13-9-21-39(33)45-41-19-7-5-17-35(41)37-27-31(23-25-43(37)45)32-24-26-44-38(28-32)36-18-6-8-20-42(36)46(44)40-22-10-14-30-12-2-4-16-34(30)40;1-2-13-30(14-3-1)41-37-18-8-6-16-32(37)34-25-28(21-23-39(34)41)29-22-24-40-35(26-29)33-17-7-9-19-38(33)42(40)36-20-10-12-27-11-4-5-15-31(27)36;1-3-13-25(14-4-1)37-31-21-9-7-17-29(31)35-27(19-11-23-33(35)37)28-20-12-24-34-36(28)30-18-8-10-22-32(30)38(34)26-15-5-2-6-16-26/h1-28H;1-26H;1-24H. The van der Waals surface area contributed by atoms with Crippen LogP contribution in [0.2, 0.25) is 0 Å². The van der Waals surface area contributed by atoms with Gasteiger partial charge < -0.3 is 27.4 Å². The first kappa shape index (κ1) is 72.1. The number of benzene rings is 21. The molecule has 0 saturated heterocycles. The van der Waals surface area contributed by atoms with Crippen molar-refractivity contribution in [1.29, 1.82) is 0 Å². The molecule has 0 aliphatic heterocycles.